The number of nitrogens with zero attached hydrogens (tertiary/aromatic N) is 1. The Morgan fingerprint density at radius 2 is 1.55 bits per heavy atom. The first-order valence-electron chi connectivity index (χ1n) is 10.4. The molecule has 2 atom stereocenters. The molecule has 0 saturated heterocycles. The van der Waals surface area contributed by atoms with Gasteiger partial charge in [-0.2, -0.15) is 0 Å². The molecule has 9 N–H and O–H groups in total. The van der Waals surface area contributed by atoms with Crippen LogP contribution in [0.4, 0.5) is 0 Å². The van der Waals surface area contributed by atoms with Crippen molar-refractivity contribution < 1.29 is 14.4 Å². The van der Waals surface area contributed by atoms with Gasteiger partial charge in [0.2, 0.25) is 17.7 Å². The molecule has 0 unspecified atom stereocenters. The lowest BCUT2D eigenvalue weighted by Gasteiger charge is -2.23. The number of hydrogen-bond acceptors (Lipinski definition) is 5. The van der Waals surface area contributed by atoms with Gasteiger partial charge in [-0.3, -0.25) is 19.4 Å². The molecule has 10 nitrogen and oxygen atoms in total. The number of hydrogen-bond donors (Lipinski definition) is 6. The second-order valence-corrected chi connectivity index (χ2v) is 7.05. The Balaban J connectivity index is 4.73. The largest absolute Gasteiger partial charge is 0.370 e. The number of aliphatic imine (C=N–C) groups is 1. The second kappa shape index (κ2) is 16.6. The molecule has 29 heavy (non-hydrogen) atoms. The van der Waals surface area contributed by atoms with Gasteiger partial charge in [0.1, 0.15) is 12.1 Å². The van der Waals surface area contributed by atoms with Crippen LogP contribution in [0, 0.1) is 0 Å². The summed E-state index contributed by atoms with van der Waals surface area (Å²) in [6.45, 7) is 4.88. The van der Waals surface area contributed by atoms with E-state index in [9.17, 15) is 14.4 Å². The van der Waals surface area contributed by atoms with Crippen LogP contribution in [-0.4, -0.2) is 55.4 Å². The Bertz CT molecular complexity index is 522. The molecule has 0 rings (SSSR count). The van der Waals surface area contributed by atoms with Gasteiger partial charge in [0.05, 0.1) is 0 Å². The van der Waals surface area contributed by atoms with E-state index < -0.39 is 12.1 Å². The van der Waals surface area contributed by atoms with Crippen LogP contribution < -0.4 is 33.2 Å². The van der Waals surface area contributed by atoms with Crippen LogP contribution >= 0.6 is 0 Å². The summed E-state index contributed by atoms with van der Waals surface area (Å²) in [5.74, 6) is -0.803. The molecule has 10 heteroatoms. The fourth-order valence-corrected chi connectivity index (χ4v) is 2.74. The van der Waals surface area contributed by atoms with Crippen LogP contribution in [-0.2, 0) is 14.4 Å². The number of guanidine groups is 1. The summed E-state index contributed by atoms with van der Waals surface area (Å²) in [6.07, 6.45) is 5.68. The van der Waals surface area contributed by atoms with Crippen LogP contribution in [0.25, 0.3) is 0 Å². The van der Waals surface area contributed by atoms with Crippen molar-refractivity contribution in [2.75, 3.05) is 19.6 Å². The van der Waals surface area contributed by atoms with E-state index in [1.54, 1.807) is 0 Å². The average Bonchev–Trinajstić information content (AvgIpc) is 2.66. The minimum atomic E-state index is -0.662. The first kappa shape index (κ1) is 26.6. The van der Waals surface area contributed by atoms with E-state index in [0.29, 0.717) is 32.5 Å². The van der Waals surface area contributed by atoms with Crippen molar-refractivity contribution in [3.8, 4) is 0 Å². The summed E-state index contributed by atoms with van der Waals surface area (Å²) in [7, 11) is 0. The van der Waals surface area contributed by atoms with Crippen LogP contribution in [0.2, 0.25) is 0 Å². The molecular weight excluding hydrogens is 374 g/mol. The van der Waals surface area contributed by atoms with E-state index in [2.05, 4.69) is 20.9 Å². The fourth-order valence-electron chi connectivity index (χ4n) is 2.74. The Hall–Kier alpha value is -2.36. The highest BCUT2D eigenvalue weighted by Gasteiger charge is 2.25. The Kier molecular flexibility index (Phi) is 15.2. The van der Waals surface area contributed by atoms with Crippen molar-refractivity contribution in [1.82, 2.24) is 16.0 Å². The summed E-state index contributed by atoms with van der Waals surface area (Å²) in [4.78, 5) is 40.5. The average molecular weight is 414 g/mol. The van der Waals surface area contributed by atoms with Gasteiger partial charge in [0, 0.05) is 20.0 Å². The lowest BCUT2D eigenvalue weighted by Crippen LogP contribution is -2.53. The van der Waals surface area contributed by atoms with E-state index in [0.717, 1.165) is 38.5 Å². The van der Waals surface area contributed by atoms with Gasteiger partial charge in [0.25, 0.3) is 0 Å². The summed E-state index contributed by atoms with van der Waals surface area (Å²) >= 11 is 0. The lowest BCUT2D eigenvalue weighted by atomic mass is 10.1. The molecule has 0 aromatic rings. The van der Waals surface area contributed by atoms with Crippen LogP contribution in [0.1, 0.15) is 65.2 Å². The molecule has 168 valence electrons. The van der Waals surface area contributed by atoms with Crippen molar-refractivity contribution in [1.29, 1.82) is 0 Å². The number of rotatable bonds is 16. The van der Waals surface area contributed by atoms with Gasteiger partial charge in [0.15, 0.2) is 5.96 Å². The molecule has 0 aromatic heterocycles. The molecule has 0 aliphatic heterocycles. The van der Waals surface area contributed by atoms with Gasteiger partial charge >= 0.3 is 0 Å². The summed E-state index contributed by atoms with van der Waals surface area (Å²) < 4.78 is 0. The Morgan fingerprint density at radius 1 is 0.897 bits per heavy atom. The maximum Gasteiger partial charge on any atom is 0.243 e. The maximum atomic E-state index is 12.6. The van der Waals surface area contributed by atoms with Gasteiger partial charge in [-0.05, 0) is 45.1 Å². The predicted octanol–water partition coefficient (Wildman–Crippen LogP) is -0.535. The highest BCUT2D eigenvalue weighted by atomic mass is 16.2. The molecule has 0 saturated carbocycles. The minimum absolute atomic E-state index is 0.0495. The number of carbonyl (C=O) groups excluding carboxylic acids is 3. The van der Waals surface area contributed by atoms with E-state index in [-0.39, 0.29) is 23.7 Å². The van der Waals surface area contributed by atoms with Crippen molar-refractivity contribution >= 4 is 23.7 Å². The minimum Gasteiger partial charge on any atom is -0.370 e. The molecule has 0 aliphatic rings. The number of nitrogens with two attached hydrogens (primary N) is 3. The van der Waals surface area contributed by atoms with Gasteiger partial charge < -0.3 is 33.2 Å². The topological polar surface area (TPSA) is 178 Å². The molecule has 0 bridgehead atoms. The summed E-state index contributed by atoms with van der Waals surface area (Å²) in [5.41, 5.74) is 16.1. The number of carbonyl (C=O) groups is 3. The van der Waals surface area contributed by atoms with Crippen LogP contribution in [0.5, 0.6) is 0 Å². The van der Waals surface area contributed by atoms with Crippen molar-refractivity contribution in [3.05, 3.63) is 0 Å². The van der Waals surface area contributed by atoms with Crippen molar-refractivity contribution in [2.24, 2.45) is 22.2 Å². The smallest absolute Gasteiger partial charge is 0.243 e. The number of nitrogens with one attached hydrogen (secondary N) is 3. The maximum absolute atomic E-state index is 12.6. The second-order valence-electron chi connectivity index (χ2n) is 7.05. The number of amides is 3. The molecule has 0 aliphatic carbocycles. The first-order valence-corrected chi connectivity index (χ1v) is 10.4. The zero-order chi connectivity index (χ0) is 22.1. The van der Waals surface area contributed by atoms with Crippen molar-refractivity contribution in [2.45, 2.75) is 77.3 Å². The van der Waals surface area contributed by atoms with Crippen LogP contribution in [0.15, 0.2) is 4.99 Å². The fraction of sp³-hybridized carbons (Fsp3) is 0.789. The number of unbranched alkanes of at least 4 members (excludes halogenated alkanes) is 3. The first-order chi connectivity index (χ1) is 13.8. The Morgan fingerprint density at radius 3 is 2.14 bits per heavy atom. The van der Waals surface area contributed by atoms with Gasteiger partial charge in [-0.15, -0.1) is 0 Å². The summed E-state index contributed by atoms with van der Waals surface area (Å²) in [6, 6.07) is -1.30. The normalized spacial score (nSPS) is 12.5. The Labute approximate surface area is 173 Å². The SMILES string of the molecule is CCCC[C@H](NC(C)=O)C(=O)N[C@@H](CCCCN)C(=O)NCCCCN=C(N)N. The quantitative estimate of drug-likeness (QED) is 0.112. The molecule has 3 amide bonds. The van der Waals surface area contributed by atoms with E-state index in [1.807, 2.05) is 6.92 Å². The molecular formula is C19H39N7O3. The third kappa shape index (κ3) is 14.3. The molecule has 0 heterocycles. The zero-order valence-corrected chi connectivity index (χ0v) is 17.8. The van der Waals surface area contributed by atoms with Crippen LogP contribution in [0.3, 0.4) is 0 Å². The highest BCUT2D eigenvalue weighted by molar-refractivity contribution is 5.91. The zero-order valence-electron chi connectivity index (χ0n) is 17.8. The molecule has 0 spiro atoms. The van der Waals surface area contributed by atoms with Gasteiger partial charge in [-0.25, -0.2) is 0 Å². The molecule has 0 aromatic carbocycles. The standard InChI is InChI=1S/C19H39N7O3/c1-3-4-9-16(25-14(2)27)18(29)26-15(10-5-6-11-20)17(28)23-12-7-8-13-24-19(21)22/h15-16H,3-13,20H2,1-2H3,(H,23,28)(H,25,27)(H,26,29)(H4,21,22,24)/t15-,16-/m0/s1. The van der Waals surface area contributed by atoms with E-state index in [1.165, 1.54) is 6.92 Å². The third-order valence-corrected chi connectivity index (χ3v) is 4.30. The third-order valence-electron chi connectivity index (χ3n) is 4.30. The lowest BCUT2D eigenvalue weighted by molar-refractivity contribution is -0.132. The van der Waals surface area contributed by atoms with Gasteiger partial charge in [-0.1, -0.05) is 19.8 Å². The summed E-state index contributed by atoms with van der Waals surface area (Å²) in [5, 5.41) is 8.30. The van der Waals surface area contributed by atoms with Crippen molar-refractivity contribution in [3.63, 3.8) is 0 Å². The molecule has 0 fully saturated rings. The molecule has 0 radical (unpaired) electrons. The van der Waals surface area contributed by atoms with E-state index >= 15 is 0 Å². The highest BCUT2D eigenvalue weighted by Crippen LogP contribution is 2.05. The predicted molar refractivity (Wildman–Crippen MR) is 115 cm³/mol. The van der Waals surface area contributed by atoms with E-state index in [4.69, 9.17) is 17.2 Å². The monoisotopic (exact) mass is 413 g/mol.